The Morgan fingerprint density at radius 2 is 1.95 bits per heavy atom. The summed E-state index contributed by atoms with van der Waals surface area (Å²) < 4.78 is 5.74. The average Bonchev–Trinajstić information content (AvgIpc) is 2.33. The number of nitrogens with two attached hydrogens (primary N) is 1. The lowest BCUT2D eigenvalue weighted by atomic mass is 9.88. The highest BCUT2D eigenvalue weighted by Crippen LogP contribution is 2.27. The summed E-state index contributed by atoms with van der Waals surface area (Å²) in [7, 11) is 0. The Bertz CT molecular complexity index is 396. The third-order valence-electron chi connectivity index (χ3n) is 3.25. The van der Waals surface area contributed by atoms with Crippen molar-refractivity contribution in [2.45, 2.75) is 66.0 Å². The standard InChI is InChI=1S/C17H30N2O/c1-13(2)20-15-9-6-8-14(12-15)16(19-18)10-7-11-17(3,4)5/h6,8-9,12-13,16,19H,7,10-11,18H2,1-5H3. The largest absolute Gasteiger partial charge is 0.491 e. The first-order chi connectivity index (χ1) is 9.31. The summed E-state index contributed by atoms with van der Waals surface area (Å²) in [6, 6.07) is 8.40. The molecule has 0 aliphatic rings. The molecule has 0 saturated carbocycles. The molecular weight excluding hydrogens is 248 g/mol. The molecule has 20 heavy (non-hydrogen) atoms. The molecule has 3 nitrogen and oxygen atoms in total. The van der Waals surface area contributed by atoms with Crippen LogP contribution < -0.4 is 16.0 Å². The van der Waals surface area contributed by atoms with Gasteiger partial charge in [-0.1, -0.05) is 39.3 Å². The predicted molar refractivity (Wildman–Crippen MR) is 85.6 cm³/mol. The second-order valence-electron chi connectivity index (χ2n) is 6.91. The van der Waals surface area contributed by atoms with Gasteiger partial charge in [-0.05, 0) is 49.8 Å². The molecule has 1 unspecified atom stereocenters. The van der Waals surface area contributed by atoms with Gasteiger partial charge in [-0.3, -0.25) is 11.3 Å². The van der Waals surface area contributed by atoms with Gasteiger partial charge in [0.25, 0.3) is 0 Å². The van der Waals surface area contributed by atoms with Crippen LogP contribution >= 0.6 is 0 Å². The van der Waals surface area contributed by atoms with Crippen molar-refractivity contribution in [3.05, 3.63) is 29.8 Å². The van der Waals surface area contributed by atoms with E-state index in [4.69, 9.17) is 10.6 Å². The molecule has 0 aromatic heterocycles. The van der Waals surface area contributed by atoms with Crippen LogP contribution in [-0.2, 0) is 0 Å². The van der Waals surface area contributed by atoms with Crippen LogP contribution in [0.3, 0.4) is 0 Å². The van der Waals surface area contributed by atoms with Gasteiger partial charge in [-0.15, -0.1) is 0 Å². The van der Waals surface area contributed by atoms with E-state index in [-0.39, 0.29) is 12.1 Å². The van der Waals surface area contributed by atoms with Gasteiger partial charge in [0.15, 0.2) is 0 Å². The van der Waals surface area contributed by atoms with E-state index in [1.165, 1.54) is 12.0 Å². The first-order valence-electron chi connectivity index (χ1n) is 7.54. The molecule has 0 amide bonds. The van der Waals surface area contributed by atoms with Crippen LogP contribution in [0.4, 0.5) is 0 Å². The second kappa shape index (κ2) is 7.65. The molecule has 114 valence electrons. The van der Waals surface area contributed by atoms with Gasteiger partial charge < -0.3 is 4.74 Å². The van der Waals surface area contributed by atoms with E-state index in [0.29, 0.717) is 5.41 Å². The van der Waals surface area contributed by atoms with Crippen molar-refractivity contribution in [1.82, 2.24) is 5.43 Å². The normalized spacial score (nSPS) is 13.6. The van der Waals surface area contributed by atoms with Gasteiger partial charge >= 0.3 is 0 Å². The van der Waals surface area contributed by atoms with Gasteiger partial charge in [-0.2, -0.15) is 0 Å². The van der Waals surface area contributed by atoms with Gasteiger partial charge in [-0.25, -0.2) is 0 Å². The van der Waals surface area contributed by atoms with Crippen molar-refractivity contribution in [3.8, 4) is 5.75 Å². The SMILES string of the molecule is CC(C)Oc1cccc(C(CCCC(C)(C)C)NN)c1. The molecule has 1 atom stereocenters. The maximum absolute atomic E-state index is 5.74. The van der Waals surface area contributed by atoms with Crippen molar-refractivity contribution in [2.24, 2.45) is 11.3 Å². The molecule has 1 aromatic rings. The van der Waals surface area contributed by atoms with Crippen LogP contribution in [0.1, 0.15) is 65.5 Å². The minimum atomic E-state index is 0.188. The maximum atomic E-state index is 5.74. The fourth-order valence-corrected chi connectivity index (χ4v) is 2.26. The molecule has 3 N–H and O–H groups in total. The lowest BCUT2D eigenvalue weighted by molar-refractivity contribution is 0.242. The van der Waals surface area contributed by atoms with Crippen molar-refractivity contribution in [1.29, 1.82) is 0 Å². The number of benzene rings is 1. The summed E-state index contributed by atoms with van der Waals surface area (Å²) in [5, 5.41) is 0. The Morgan fingerprint density at radius 1 is 1.25 bits per heavy atom. The summed E-state index contributed by atoms with van der Waals surface area (Å²) in [4.78, 5) is 0. The number of nitrogens with one attached hydrogen (secondary N) is 1. The second-order valence-corrected chi connectivity index (χ2v) is 6.91. The summed E-state index contributed by atoms with van der Waals surface area (Å²) in [5.41, 5.74) is 4.50. The van der Waals surface area contributed by atoms with E-state index in [9.17, 15) is 0 Å². The molecule has 1 aromatic carbocycles. The lowest BCUT2D eigenvalue weighted by Gasteiger charge is -2.21. The fourth-order valence-electron chi connectivity index (χ4n) is 2.26. The van der Waals surface area contributed by atoms with E-state index in [0.717, 1.165) is 18.6 Å². The predicted octanol–water partition coefficient (Wildman–Crippen LogP) is 4.19. The molecule has 0 radical (unpaired) electrons. The Hall–Kier alpha value is -1.06. The van der Waals surface area contributed by atoms with E-state index in [1.54, 1.807) is 0 Å². The Balaban J connectivity index is 2.64. The summed E-state index contributed by atoms with van der Waals surface area (Å²) >= 11 is 0. The molecule has 0 heterocycles. The fraction of sp³-hybridized carbons (Fsp3) is 0.647. The molecular formula is C17H30N2O. The zero-order valence-electron chi connectivity index (χ0n) is 13.6. The molecule has 0 bridgehead atoms. The molecule has 1 rings (SSSR count). The topological polar surface area (TPSA) is 47.3 Å². The van der Waals surface area contributed by atoms with Crippen LogP contribution in [0.2, 0.25) is 0 Å². The minimum Gasteiger partial charge on any atom is -0.491 e. The smallest absolute Gasteiger partial charge is 0.120 e. The van der Waals surface area contributed by atoms with E-state index < -0.39 is 0 Å². The van der Waals surface area contributed by atoms with Crippen molar-refractivity contribution < 1.29 is 4.74 Å². The first kappa shape index (κ1) is 17.0. The summed E-state index contributed by atoms with van der Waals surface area (Å²) in [6.07, 6.45) is 3.59. The molecule has 0 aliphatic heterocycles. The molecule has 0 fully saturated rings. The highest BCUT2D eigenvalue weighted by Gasteiger charge is 2.14. The Kier molecular flexibility index (Phi) is 6.50. The third kappa shape index (κ3) is 6.40. The quantitative estimate of drug-likeness (QED) is 0.580. The first-order valence-corrected chi connectivity index (χ1v) is 7.54. The number of hydrogen-bond donors (Lipinski definition) is 2. The maximum Gasteiger partial charge on any atom is 0.120 e. The van der Waals surface area contributed by atoms with Gasteiger partial charge in [0.1, 0.15) is 5.75 Å². The minimum absolute atomic E-state index is 0.188. The van der Waals surface area contributed by atoms with Crippen LogP contribution in [0.5, 0.6) is 5.75 Å². The number of ether oxygens (including phenoxy) is 1. The van der Waals surface area contributed by atoms with Crippen LogP contribution in [-0.4, -0.2) is 6.10 Å². The monoisotopic (exact) mass is 278 g/mol. The highest BCUT2D eigenvalue weighted by molar-refractivity contribution is 5.30. The number of hydrogen-bond acceptors (Lipinski definition) is 3. The van der Waals surface area contributed by atoms with Crippen LogP contribution in [0.25, 0.3) is 0 Å². The van der Waals surface area contributed by atoms with E-state index in [2.05, 4.69) is 38.3 Å². The zero-order chi connectivity index (χ0) is 15.2. The average molecular weight is 278 g/mol. The molecule has 3 heteroatoms. The van der Waals surface area contributed by atoms with E-state index >= 15 is 0 Å². The van der Waals surface area contributed by atoms with Crippen molar-refractivity contribution in [2.75, 3.05) is 0 Å². The zero-order valence-corrected chi connectivity index (χ0v) is 13.6. The number of rotatable bonds is 7. The van der Waals surface area contributed by atoms with Gasteiger partial charge in [0.05, 0.1) is 6.10 Å². The highest BCUT2D eigenvalue weighted by atomic mass is 16.5. The number of hydrazine groups is 1. The summed E-state index contributed by atoms with van der Waals surface area (Å²) in [5.74, 6) is 6.63. The molecule has 0 aliphatic carbocycles. The van der Waals surface area contributed by atoms with Crippen molar-refractivity contribution >= 4 is 0 Å². The Labute approximate surface area is 123 Å². The van der Waals surface area contributed by atoms with Gasteiger partial charge in [0.2, 0.25) is 0 Å². The van der Waals surface area contributed by atoms with E-state index in [1.807, 2.05) is 26.0 Å². The third-order valence-corrected chi connectivity index (χ3v) is 3.25. The molecule has 0 saturated heterocycles. The van der Waals surface area contributed by atoms with Crippen LogP contribution in [0, 0.1) is 5.41 Å². The molecule has 0 spiro atoms. The van der Waals surface area contributed by atoms with Crippen molar-refractivity contribution in [3.63, 3.8) is 0 Å². The lowest BCUT2D eigenvalue weighted by Crippen LogP contribution is -2.28. The summed E-state index contributed by atoms with van der Waals surface area (Å²) in [6.45, 7) is 10.9. The van der Waals surface area contributed by atoms with Crippen LogP contribution in [0.15, 0.2) is 24.3 Å². The van der Waals surface area contributed by atoms with Gasteiger partial charge in [0, 0.05) is 6.04 Å². The Morgan fingerprint density at radius 3 is 2.50 bits per heavy atom.